The van der Waals surface area contributed by atoms with Crippen molar-refractivity contribution in [2.24, 2.45) is 11.1 Å². The number of carbonyl (C=O) groups excluding carboxylic acids is 1. The first-order valence-electron chi connectivity index (χ1n) is 7.19. The lowest BCUT2D eigenvalue weighted by Gasteiger charge is -2.26. The minimum atomic E-state index is -0.179. The van der Waals surface area contributed by atoms with Crippen LogP contribution in [-0.2, 0) is 4.79 Å². The van der Waals surface area contributed by atoms with Gasteiger partial charge >= 0.3 is 0 Å². The van der Waals surface area contributed by atoms with Crippen LogP contribution in [0.5, 0.6) is 0 Å². The number of benzene rings is 1. The van der Waals surface area contributed by atoms with E-state index in [0.717, 1.165) is 22.3 Å². The van der Waals surface area contributed by atoms with Gasteiger partial charge in [0.15, 0.2) is 0 Å². The fourth-order valence-corrected chi connectivity index (χ4v) is 2.05. The summed E-state index contributed by atoms with van der Waals surface area (Å²) in [7, 11) is 0. The van der Waals surface area contributed by atoms with Crippen LogP contribution in [0, 0.1) is 12.3 Å². The minimum absolute atomic E-state index is 0.0757. The molecule has 1 heterocycles. The summed E-state index contributed by atoms with van der Waals surface area (Å²) in [6, 6.07) is 9.56. The molecule has 21 heavy (non-hydrogen) atoms. The smallest absolute Gasteiger partial charge is 0.226 e. The molecule has 4 heteroatoms. The molecule has 0 bridgehead atoms. The number of aryl methyl sites for hydroxylation is 1. The Balaban J connectivity index is 2.20. The average Bonchev–Trinajstić information content (AvgIpc) is 2.38. The van der Waals surface area contributed by atoms with Gasteiger partial charge in [-0.15, -0.1) is 0 Å². The summed E-state index contributed by atoms with van der Waals surface area (Å²) in [5.41, 5.74) is 8.45. The van der Waals surface area contributed by atoms with Crippen LogP contribution < -0.4 is 11.1 Å². The molecule has 1 aromatic carbocycles. The third-order valence-electron chi connectivity index (χ3n) is 3.65. The molecule has 0 aliphatic carbocycles. The number of nitrogens with two attached hydrogens (primary N) is 1. The second-order valence-electron chi connectivity index (χ2n) is 6.55. The van der Waals surface area contributed by atoms with Crippen molar-refractivity contribution in [3.63, 3.8) is 0 Å². The summed E-state index contributed by atoms with van der Waals surface area (Å²) >= 11 is 0. The third kappa shape index (κ3) is 3.79. The predicted octanol–water partition coefficient (Wildman–Crippen LogP) is 3.25. The maximum atomic E-state index is 12.2. The molecule has 2 aromatic rings. The highest BCUT2D eigenvalue weighted by Gasteiger charge is 2.23. The summed E-state index contributed by atoms with van der Waals surface area (Å²) in [5.74, 6) is -0.0757. The molecule has 4 nitrogen and oxygen atoms in total. The Morgan fingerprint density at radius 1 is 1.29 bits per heavy atom. The Morgan fingerprint density at radius 2 is 2.00 bits per heavy atom. The number of hydrogen-bond donors (Lipinski definition) is 2. The molecule has 0 saturated carbocycles. The van der Waals surface area contributed by atoms with E-state index < -0.39 is 0 Å². The van der Waals surface area contributed by atoms with Gasteiger partial charge < -0.3 is 11.1 Å². The number of nitrogens with one attached hydrogen (secondary N) is 1. The largest absolute Gasteiger partial charge is 0.327 e. The molecule has 0 radical (unpaired) electrons. The first kappa shape index (κ1) is 15.4. The number of para-hydroxylation sites is 1. The van der Waals surface area contributed by atoms with Gasteiger partial charge in [0, 0.05) is 23.5 Å². The van der Waals surface area contributed by atoms with Crippen molar-refractivity contribution in [1.82, 2.24) is 4.98 Å². The summed E-state index contributed by atoms with van der Waals surface area (Å²) in [6.07, 6.45) is 0.297. The lowest BCUT2D eigenvalue weighted by molar-refractivity contribution is -0.117. The second-order valence-corrected chi connectivity index (χ2v) is 6.55. The SMILES string of the molecule is Cc1ccc2cccc(NC(=O)CC(N)C(C)(C)C)c2n1. The van der Waals surface area contributed by atoms with Crippen LogP contribution >= 0.6 is 0 Å². The Morgan fingerprint density at radius 3 is 2.67 bits per heavy atom. The van der Waals surface area contributed by atoms with Crippen molar-refractivity contribution in [3.05, 3.63) is 36.0 Å². The van der Waals surface area contributed by atoms with Crippen molar-refractivity contribution in [2.45, 2.75) is 40.2 Å². The van der Waals surface area contributed by atoms with Crippen molar-refractivity contribution in [2.75, 3.05) is 5.32 Å². The fraction of sp³-hybridized carbons (Fsp3) is 0.412. The fourth-order valence-electron chi connectivity index (χ4n) is 2.05. The van der Waals surface area contributed by atoms with E-state index in [0.29, 0.717) is 6.42 Å². The molecule has 1 unspecified atom stereocenters. The molecule has 1 aromatic heterocycles. The van der Waals surface area contributed by atoms with Crippen LogP contribution in [0.1, 0.15) is 32.9 Å². The van der Waals surface area contributed by atoms with E-state index in [4.69, 9.17) is 5.73 Å². The lowest BCUT2D eigenvalue weighted by Crippen LogP contribution is -2.38. The molecule has 0 aliphatic heterocycles. The van der Waals surface area contributed by atoms with Gasteiger partial charge in [-0.1, -0.05) is 39.0 Å². The molecule has 112 valence electrons. The number of hydrogen-bond acceptors (Lipinski definition) is 3. The first-order valence-corrected chi connectivity index (χ1v) is 7.19. The number of aromatic nitrogens is 1. The van der Waals surface area contributed by atoms with Crippen molar-refractivity contribution in [3.8, 4) is 0 Å². The Bertz CT molecular complexity index is 659. The van der Waals surface area contributed by atoms with Gasteiger partial charge in [0.05, 0.1) is 11.2 Å². The maximum Gasteiger partial charge on any atom is 0.226 e. The van der Waals surface area contributed by atoms with Gasteiger partial charge in [-0.05, 0) is 24.5 Å². The average molecular weight is 285 g/mol. The molecule has 1 amide bonds. The minimum Gasteiger partial charge on any atom is -0.327 e. The van der Waals surface area contributed by atoms with Gasteiger partial charge in [-0.2, -0.15) is 0 Å². The van der Waals surface area contributed by atoms with Gasteiger partial charge in [-0.3, -0.25) is 9.78 Å². The van der Waals surface area contributed by atoms with Crippen molar-refractivity contribution >= 4 is 22.5 Å². The van der Waals surface area contributed by atoms with E-state index in [1.807, 2.05) is 58.0 Å². The number of pyridine rings is 1. The summed E-state index contributed by atoms with van der Waals surface area (Å²) in [6.45, 7) is 8.04. The Hall–Kier alpha value is -1.94. The van der Waals surface area contributed by atoms with Crippen LogP contribution in [0.25, 0.3) is 10.9 Å². The van der Waals surface area contributed by atoms with Gasteiger partial charge in [0.25, 0.3) is 0 Å². The van der Waals surface area contributed by atoms with Crippen LogP contribution in [0.3, 0.4) is 0 Å². The van der Waals surface area contributed by atoms with E-state index in [1.165, 1.54) is 0 Å². The third-order valence-corrected chi connectivity index (χ3v) is 3.65. The molecule has 2 rings (SSSR count). The van der Waals surface area contributed by atoms with Crippen LogP contribution in [0.2, 0.25) is 0 Å². The van der Waals surface area contributed by atoms with Gasteiger partial charge in [-0.25, -0.2) is 0 Å². The topological polar surface area (TPSA) is 68.0 Å². The number of carbonyl (C=O) groups is 1. The number of nitrogens with zero attached hydrogens (tertiary/aromatic N) is 1. The lowest BCUT2D eigenvalue weighted by atomic mass is 9.85. The predicted molar refractivity (Wildman–Crippen MR) is 87.2 cm³/mol. The number of anilines is 1. The standard InChI is InChI=1S/C17H23N3O/c1-11-8-9-12-6-5-7-13(16(12)19-11)20-15(21)10-14(18)17(2,3)4/h5-9,14H,10,18H2,1-4H3,(H,20,21). The summed E-state index contributed by atoms with van der Waals surface area (Å²) < 4.78 is 0. The highest BCUT2D eigenvalue weighted by atomic mass is 16.1. The molecule has 3 N–H and O–H groups in total. The monoisotopic (exact) mass is 285 g/mol. The molecule has 0 aliphatic rings. The highest BCUT2D eigenvalue weighted by Crippen LogP contribution is 2.23. The summed E-state index contributed by atoms with van der Waals surface area (Å²) in [4.78, 5) is 16.7. The second kappa shape index (κ2) is 5.82. The number of amides is 1. The van der Waals surface area contributed by atoms with Crippen LogP contribution in [0.15, 0.2) is 30.3 Å². The number of rotatable bonds is 3. The zero-order valence-electron chi connectivity index (χ0n) is 13.1. The van der Waals surface area contributed by atoms with E-state index in [9.17, 15) is 4.79 Å². The van der Waals surface area contributed by atoms with Crippen LogP contribution in [0.4, 0.5) is 5.69 Å². The molecule has 0 saturated heterocycles. The first-order chi connectivity index (χ1) is 9.77. The molecule has 0 fully saturated rings. The van der Waals surface area contributed by atoms with Crippen LogP contribution in [-0.4, -0.2) is 16.9 Å². The van der Waals surface area contributed by atoms with E-state index >= 15 is 0 Å². The van der Waals surface area contributed by atoms with E-state index in [-0.39, 0.29) is 17.4 Å². The number of fused-ring (bicyclic) bond motifs is 1. The quantitative estimate of drug-likeness (QED) is 0.909. The van der Waals surface area contributed by atoms with Crippen molar-refractivity contribution in [1.29, 1.82) is 0 Å². The maximum absolute atomic E-state index is 12.2. The highest BCUT2D eigenvalue weighted by molar-refractivity contribution is 6.00. The molecule has 0 spiro atoms. The molecular formula is C17H23N3O. The van der Waals surface area contributed by atoms with E-state index in [2.05, 4.69) is 10.3 Å². The zero-order chi connectivity index (χ0) is 15.6. The van der Waals surface area contributed by atoms with E-state index in [1.54, 1.807) is 0 Å². The molecule has 1 atom stereocenters. The Labute approximate surface area is 125 Å². The molecular weight excluding hydrogens is 262 g/mol. The van der Waals surface area contributed by atoms with Gasteiger partial charge in [0.1, 0.15) is 0 Å². The van der Waals surface area contributed by atoms with Crippen molar-refractivity contribution < 1.29 is 4.79 Å². The normalized spacial score (nSPS) is 13.2. The zero-order valence-corrected chi connectivity index (χ0v) is 13.1. The summed E-state index contributed by atoms with van der Waals surface area (Å²) in [5, 5.41) is 3.95. The Kier molecular flexibility index (Phi) is 4.28. The van der Waals surface area contributed by atoms with Gasteiger partial charge in [0.2, 0.25) is 5.91 Å².